The van der Waals surface area contributed by atoms with Gasteiger partial charge in [0, 0.05) is 40.5 Å². The molecule has 8 nitrogen and oxygen atoms in total. The van der Waals surface area contributed by atoms with Crippen molar-refractivity contribution in [3.05, 3.63) is 89.0 Å². The fourth-order valence-corrected chi connectivity index (χ4v) is 6.16. The number of esters is 1. The Kier molecular flexibility index (Phi) is 7.40. The number of fused-ring (bicyclic) bond motifs is 5. The first-order valence-corrected chi connectivity index (χ1v) is 14.1. The second kappa shape index (κ2) is 11.4. The number of azo groups is 1. The van der Waals surface area contributed by atoms with Gasteiger partial charge in [0.15, 0.2) is 0 Å². The second-order valence-corrected chi connectivity index (χ2v) is 10.8. The first-order chi connectivity index (χ1) is 19.6. The topological polar surface area (TPSA) is 99.1 Å². The van der Waals surface area contributed by atoms with Crippen LogP contribution in [-0.4, -0.2) is 22.1 Å². The molecule has 0 aliphatic heterocycles. The Morgan fingerprint density at radius 3 is 2.40 bits per heavy atom. The first kappa shape index (κ1) is 25.9. The van der Waals surface area contributed by atoms with E-state index >= 15 is 0 Å². The molecule has 0 N–H and O–H groups in total. The van der Waals surface area contributed by atoms with Gasteiger partial charge in [-0.15, -0.1) is 0 Å². The zero-order chi connectivity index (χ0) is 27.5. The molecule has 3 atom stereocenters. The number of nitro benzene ring substituents is 1. The molecule has 0 saturated heterocycles. The van der Waals surface area contributed by atoms with Crippen molar-refractivity contribution in [3.63, 3.8) is 0 Å². The van der Waals surface area contributed by atoms with Gasteiger partial charge in [-0.1, -0.05) is 36.8 Å². The smallest absolute Gasteiger partial charge is 0.309 e. The summed E-state index contributed by atoms with van der Waals surface area (Å²) >= 11 is 0. The number of nitro groups is 1. The molecule has 40 heavy (non-hydrogen) atoms. The molecule has 1 aromatic heterocycles. The predicted octanol–water partition coefficient (Wildman–Crippen LogP) is 8.43. The molecule has 4 aromatic rings. The molecule has 1 saturated carbocycles. The monoisotopic (exact) mass is 536 g/mol. The standard InChI is InChI=1S/C32H32N4O4/c37-32(28-20-22-9-10-23(28)19-22)40-18-6-2-1-5-17-35-30-8-4-3-7-27(30)29-21-25(13-16-31(29)35)34-33-24-11-14-26(15-12-24)36(38)39/h3-4,7-16,21-23,28H,1-2,5-6,17-20H2/t22-,23+,28-/m0/s1. The molecule has 0 spiro atoms. The van der Waals surface area contributed by atoms with Crippen LogP contribution in [0, 0.1) is 27.9 Å². The lowest BCUT2D eigenvalue weighted by molar-refractivity contribution is -0.384. The number of non-ortho nitro benzene ring substituents is 1. The third kappa shape index (κ3) is 5.39. The van der Waals surface area contributed by atoms with Crippen LogP contribution in [0.4, 0.5) is 17.1 Å². The zero-order valence-corrected chi connectivity index (χ0v) is 22.3. The van der Waals surface area contributed by atoms with Crippen molar-refractivity contribution in [2.24, 2.45) is 28.0 Å². The summed E-state index contributed by atoms with van der Waals surface area (Å²) in [5.74, 6) is 1.06. The molecule has 3 aromatic carbocycles. The maximum atomic E-state index is 12.4. The molecule has 1 heterocycles. The van der Waals surface area contributed by atoms with Crippen LogP contribution < -0.4 is 0 Å². The number of rotatable bonds is 11. The van der Waals surface area contributed by atoms with E-state index in [1.54, 1.807) is 12.1 Å². The van der Waals surface area contributed by atoms with Gasteiger partial charge in [0.2, 0.25) is 0 Å². The molecule has 1 fully saturated rings. The molecular formula is C32H32N4O4. The lowest BCUT2D eigenvalue weighted by Gasteiger charge is -2.16. The molecule has 204 valence electrons. The van der Waals surface area contributed by atoms with Crippen molar-refractivity contribution in [1.29, 1.82) is 0 Å². The van der Waals surface area contributed by atoms with E-state index in [-0.39, 0.29) is 17.6 Å². The van der Waals surface area contributed by atoms with Crippen molar-refractivity contribution < 1.29 is 14.5 Å². The molecule has 0 unspecified atom stereocenters. The van der Waals surface area contributed by atoms with Gasteiger partial charge < -0.3 is 9.30 Å². The maximum Gasteiger partial charge on any atom is 0.309 e. The Morgan fingerprint density at radius 2 is 1.62 bits per heavy atom. The minimum absolute atomic E-state index is 0.00576. The lowest BCUT2D eigenvalue weighted by Crippen LogP contribution is -2.21. The van der Waals surface area contributed by atoms with Crippen LogP contribution >= 0.6 is 0 Å². The number of carbonyl (C=O) groups excluding carboxylic acids is 1. The van der Waals surface area contributed by atoms with Crippen molar-refractivity contribution in [1.82, 2.24) is 4.57 Å². The zero-order valence-electron chi connectivity index (χ0n) is 22.3. The van der Waals surface area contributed by atoms with E-state index < -0.39 is 4.92 Å². The van der Waals surface area contributed by atoms with Crippen molar-refractivity contribution in [2.45, 2.75) is 45.1 Å². The third-order valence-electron chi connectivity index (χ3n) is 8.20. The van der Waals surface area contributed by atoms with Crippen LogP contribution in [0.5, 0.6) is 0 Å². The molecular weight excluding hydrogens is 504 g/mol. The Bertz CT molecular complexity index is 1600. The molecule has 8 heteroatoms. The summed E-state index contributed by atoms with van der Waals surface area (Å²) in [7, 11) is 0. The Labute approximate surface area is 232 Å². The molecule has 2 aliphatic carbocycles. The summed E-state index contributed by atoms with van der Waals surface area (Å²) in [6.07, 6.45) is 10.6. The normalized spacial score (nSPS) is 19.8. The van der Waals surface area contributed by atoms with E-state index in [2.05, 4.69) is 51.2 Å². The molecule has 6 rings (SSSR count). The Morgan fingerprint density at radius 1 is 0.875 bits per heavy atom. The van der Waals surface area contributed by atoms with Crippen LogP contribution in [-0.2, 0) is 16.1 Å². The SMILES string of the molecule is O=C(OCCCCCCn1c2ccccc2c2cc(N=Nc3ccc([N+](=O)[O-])cc3)ccc21)[C@H]1C[C@H]2C=C[C@@H]1C2. The van der Waals surface area contributed by atoms with E-state index in [4.69, 9.17) is 4.74 Å². The van der Waals surface area contributed by atoms with Crippen LogP contribution in [0.15, 0.2) is 89.1 Å². The highest BCUT2D eigenvalue weighted by Gasteiger charge is 2.40. The second-order valence-electron chi connectivity index (χ2n) is 10.8. The summed E-state index contributed by atoms with van der Waals surface area (Å²) in [6.45, 7) is 1.42. The molecule has 0 amide bonds. The highest BCUT2D eigenvalue weighted by molar-refractivity contribution is 6.08. The van der Waals surface area contributed by atoms with Gasteiger partial charge in [-0.3, -0.25) is 14.9 Å². The minimum atomic E-state index is -0.431. The summed E-state index contributed by atoms with van der Waals surface area (Å²) in [6, 6.07) is 20.5. The van der Waals surface area contributed by atoms with Gasteiger partial charge in [0.25, 0.3) is 5.69 Å². The number of aromatic nitrogens is 1. The highest BCUT2D eigenvalue weighted by atomic mass is 16.6. The van der Waals surface area contributed by atoms with E-state index in [0.717, 1.165) is 61.7 Å². The van der Waals surface area contributed by atoms with E-state index in [1.165, 1.54) is 23.0 Å². The Balaban J connectivity index is 1.05. The number of allylic oxidation sites excluding steroid dienone is 2. The first-order valence-electron chi connectivity index (χ1n) is 14.1. The van der Waals surface area contributed by atoms with Crippen molar-refractivity contribution >= 4 is 44.8 Å². The number of carbonyl (C=O) groups is 1. The number of aryl methyl sites for hydroxylation is 1. The van der Waals surface area contributed by atoms with Crippen LogP contribution in [0.1, 0.15) is 38.5 Å². The fourth-order valence-electron chi connectivity index (χ4n) is 6.16. The number of nitrogens with zero attached hydrogens (tertiary/aromatic N) is 4. The summed E-state index contributed by atoms with van der Waals surface area (Å²) in [4.78, 5) is 22.8. The van der Waals surface area contributed by atoms with Gasteiger partial charge in [0.05, 0.1) is 28.8 Å². The van der Waals surface area contributed by atoms with Crippen molar-refractivity contribution in [2.75, 3.05) is 6.61 Å². The molecule has 0 radical (unpaired) electrons. The summed E-state index contributed by atoms with van der Waals surface area (Å²) < 4.78 is 7.96. The third-order valence-corrected chi connectivity index (χ3v) is 8.20. The maximum absolute atomic E-state index is 12.4. The minimum Gasteiger partial charge on any atom is -0.465 e. The number of hydrogen-bond acceptors (Lipinski definition) is 6. The predicted molar refractivity (Wildman–Crippen MR) is 155 cm³/mol. The van der Waals surface area contributed by atoms with Crippen LogP contribution in [0.3, 0.4) is 0 Å². The lowest BCUT2D eigenvalue weighted by atomic mass is 9.94. The number of unbranched alkanes of at least 4 members (excludes halogenated alkanes) is 3. The van der Waals surface area contributed by atoms with E-state index in [9.17, 15) is 14.9 Å². The quantitative estimate of drug-likeness (QED) is 0.0479. The van der Waals surface area contributed by atoms with Crippen LogP contribution in [0.2, 0.25) is 0 Å². The van der Waals surface area contributed by atoms with Gasteiger partial charge in [-0.05, 0) is 80.3 Å². The largest absolute Gasteiger partial charge is 0.465 e. The van der Waals surface area contributed by atoms with E-state index in [1.807, 2.05) is 18.2 Å². The van der Waals surface area contributed by atoms with Gasteiger partial charge >= 0.3 is 5.97 Å². The van der Waals surface area contributed by atoms with Gasteiger partial charge in [-0.25, -0.2) is 0 Å². The average molecular weight is 537 g/mol. The number of ether oxygens (including phenoxy) is 1. The fraction of sp³-hybridized carbons (Fsp3) is 0.344. The number of para-hydroxylation sites is 1. The highest BCUT2D eigenvalue weighted by Crippen LogP contribution is 2.44. The van der Waals surface area contributed by atoms with Gasteiger partial charge in [0.1, 0.15) is 0 Å². The number of benzene rings is 3. The van der Waals surface area contributed by atoms with Gasteiger partial charge in [-0.2, -0.15) is 10.2 Å². The molecule has 2 bridgehead atoms. The van der Waals surface area contributed by atoms with Crippen molar-refractivity contribution in [3.8, 4) is 0 Å². The Hall–Kier alpha value is -4.33. The molecule has 2 aliphatic rings. The van der Waals surface area contributed by atoms with E-state index in [0.29, 0.717) is 24.1 Å². The summed E-state index contributed by atoms with van der Waals surface area (Å²) in [5, 5.41) is 21.8. The summed E-state index contributed by atoms with van der Waals surface area (Å²) in [5.41, 5.74) is 3.66. The van der Waals surface area contributed by atoms with Crippen LogP contribution in [0.25, 0.3) is 21.8 Å². The number of hydrogen-bond donors (Lipinski definition) is 0. The average Bonchev–Trinajstić information content (AvgIpc) is 3.69.